The molecule has 2 aromatic rings. The normalized spacial score (nSPS) is 19.6. The summed E-state index contributed by atoms with van der Waals surface area (Å²) in [7, 11) is 0. The predicted molar refractivity (Wildman–Crippen MR) is 95.8 cm³/mol. The number of benzene rings is 2. The summed E-state index contributed by atoms with van der Waals surface area (Å²) in [6.45, 7) is 2.64. The fourth-order valence-electron chi connectivity index (χ4n) is 3.37. The van der Waals surface area contributed by atoms with Crippen molar-refractivity contribution in [2.75, 3.05) is 18.9 Å². The van der Waals surface area contributed by atoms with Crippen LogP contribution in [0.4, 0.5) is 5.69 Å². The van der Waals surface area contributed by atoms with Crippen molar-refractivity contribution in [3.63, 3.8) is 0 Å². The molecule has 0 aliphatic carbocycles. The average molecular weight is 338 g/mol. The number of likely N-dealkylation sites (tertiary alicyclic amines) is 1. The van der Waals surface area contributed by atoms with Gasteiger partial charge in [-0.2, -0.15) is 0 Å². The number of nitrogens with zero attached hydrogens (tertiary/aromatic N) is 1. The van der Waals surface area contributed by atoms with Crippen molar-refractivity contribution < 1.29 is 14.3 Å². The van der Waals surface area contributed by atoms with Crippen LogP contribution in [-0.2, 0) is 9.53 Å². The first-order chi connectivity index (χ1) is 12.1. The van der Waals surface area contributed by atoms with Crippen LogP contribution in [0, 0.1) is 5.92 Å². The fraction of sp³-hybridized carbons (Fsp3) is 0.300. The highest BCUT2D eigenvalue weighted by Gasteiger charge is 2.42. The summed E-state index contributed by atoms with van der Waals surface area (Å²) < 4.78 is 5.23. The number of carbonyl (C=O) groups is 2. The number of amides is 1. The molecule has 0 spiro atoms. The molecule has 25 heavy (non-hydrogen) atoms. The van der Waals surface area contributed by atoms with Gasteiger partial charge in [-0.25, -0.2) is 0 Å². The van der Waals surface area contributed by atoms with E-state index in [1.807, 2.05) is 30.3 Å². The Morgan fingerprint density at radius 3 is 2.44 bits per heavy atom. The van der Waals surface area contributed by atoms with Gasteiger partial charge < -0.3 is 15.4 Å². The van der Waals surface area contributed by atoms with Crippen molar-refractivity contribution in [3.05, 3.63) is 65.7 Å². The van der Waals surface area contributed by atoms with Crippen molar-refractivity contribution >= 4 is 17.6 Å². The second-order valence-electron chi connectivity index (χ2n) is 6.12. The summed E-state index contributed by atoms with van der Waals surface area (Å²) in [5.74, 6) is -0.696. The van der Waals surface area contributed by atoms with Gasteiger partial charge in [0.15, 0.2) is 0 Å². The topological polar surface area (TPSA) is 72.6 Å². The third kappa shape index (κ3) is 3.50. The molecule has 0 bridgehead atoms. The second kappa shape index (κ2) is 7.38. The highest BCUT2D eigenvalue weighted by atomic mass is 16.5. The maximum atomic E-state index is 13.0. The van der Waals surface area contributed by atoms with Crippen LogP contribution < -0.4 is 5.73 Å². The summed E-state index contributed by atoms with van der Waals surface area (Å²) in [5, 5.41) is 0. The van der Waals surface area contributed by atoms with E-state index < -0.39 is 0 Å². The summed E-state index contributed by atoms with van der Waals surface area (Å²) in [6, 6.07) is 16.1. The standard InChI is InChI=1S/C20H22N2O3/c1-2-25-20(24)17-12-13-22(19(23)15-6-4-3-5-7-15)18(17)14-8-10-16(21)11-9-14/h3-11,17-18H,2,12-13,21H2,1H3. The number of nitrogen functional groups attached to an aromatic ring is 1. The highest BCUT2D eigenvalue weighted by molar-refractivity contribution is 5.95. The Morgan fingerprint density at radius 1 is 1.12 bits per heavy atom. The van der Waals surface area contributed by atoms with Gasteiger partial charge in [0, 0.05) is 17.8 Å². The van der Waals surface area contributed by atoms with E-state index in [2.05, 4.69) is 0 Å². The number of rotatable bonds is 4. The van der Waals surface area contributed by atoms with E-state index >= 15 is 0 Å². The Hall–Kier alpha value is -2.82. The lowest BCUT2D eigenvalue weighted by Crippen LogP contribution is -2.34. The van der Waals surface area contributed by atoms with Crippen molar-refractivity contribution in [1.82, 2.24) is 4.90 Å². The van der Waals surface area contributed by atoms with Gasteiger partial charge in [0.25, 0.3) is 5.91 Å². The molecule has 2 aromatic carbocycles. The minimum atomic E-state index is -0.365. The Morgan fingerprint density at radius 2 is 1.80 bits per heavy atom. The third-order valence-corrected chi connectivity index (χ3v) is 4.55. The molecule has 2 atom stereocenters. The van der Waals surface area contributed by atoms with Crippen molar-refractivity contribution in [3.8, 4) is 0 Å². The van der Waals surface area contributed by atoms with Crippen LogP contribution in [0.5, 0.6) is 0 Å². The molecule has 0 radical (unpaired) electrons. The van der Waals surface area contributed by atoms with E-state index in [0.29, 0.717) is 30.8 Å². The van der Waals surface area contributed by atoms with Crippen molar-refractivity contribution in [2.24, 2.45) is 5.92 Å². The lowest BCUT2D eigenvalue weighted by molar-refractivity contribution is -0.148. The first-order valence-electron chi connectivity index (χ1n) is 8.50. The molecule has 130 valence electrons. The van der Waals surface area contributed by atoms with Crippen LogP contribution in [0.15, 0.2) is 54.6 Å². The molecule has 1 heterocycles. The SMILES string of the molecule is CCOC(=O)C1CCN(C(=O)c2ccccc2)C1c1ccc(N)cc1. The van der Waals surface area contributed by atoms with E-state index in [0.717, 1.165) is 5.56 Å². The average Bonchev–Trinajstić information content (AvgIpc) is 3.08. The van der Waals surface area contributed by atoms with Gasteiger partial charge in [-0.1, -0.05) is 30.3 Å². The molecule has 1 saturated heterocycles. The predicted octanol–water partition coefficient (Wildman–Crippen LogP) is 3.04. The van der Waals surface area contributed by atoms with E-state index in [-0.39, 0.29) is 23.8 Å². The fourth-order valence-corrected chi connectivity index (χ4v) is 3.37. The number of ether oxygens (including phenoxy) is 1. The molecule has 2 unspecified atom stereocenters. The molecule has 0 aromatic heterocycles. The van der Waals surface area contributed by atoms with Gasteiger partial charge in [0.05, 0.1) is 18.6 Å². The molecular weight excluding hydrogens is 316 g/mol. The van der Waals surface area contributed by atoms with E-state index in [1.54, 1.807) is 36.1 Å². The van der Waals surface area contributed by atoms with Gasteiger partial charge in [0.1, 0.15) is 0 Å². The van der Waals surface area contributed by atoms with Gasteiger partial charge >= 0.3 is 5.97 Å². The first kappa shape index (κ1) is 17.0. The Labute approximate surface area is 147 Å². The monoisotopic (exact) mass is 338 g/mol. The van der Waals surface area contributed by atoms with Crippen molar-refractivity contribution in [1.29, 1.82) is 0 Å². The van der Waals surface area contributed by atoms with Crippen LogP contribution in [0.2, 0.25) is 0 Å². The Bertz CT molecular complexity index is 743. The first-order valence-corrected chi connectivity index (χ1v) is 8.50. The Kier molecular flexibility index (Phi) is 5.03. The van der Waals surface area contributed by atoms with Gasteiger partial charge in [-0.3, -0.25) is 9.59 Å². The number of nitrogens with two attached hydrogens (primary N) is 1. The van der Waals surface area contributed by atoms with E-state index in [9.17, 15) is 9.59 Å². The number of anilines is 1. The van der Waals surface area contributed by atoms with Gasteiger partial charge in [0.2, 0.25) is 0 Å². The number of hydrogen-bond acceptors (Lipinski definition) is 4. The molecule has 5 nitrogen and oxygen atoms in total. The zero-order chi connectivity index (χ0) is 17.8. The molecule has 1 amide bonds. The summed E-state index contributed by atoms with van der Waals surface area (Å²) >= 11 is 0. The van der Waals surface area contributed by atoms with Crippen LogP contribution in [0.3, 0.4) is 0 Å². The summed E-state index contributed by atoms with van der Waals surface area (Å²) in [5.41, 5.74) is 7.94. The van der Waals surface area contributed by atoms with Crippen LogP contribution >= 0.6 is 0 Å². The maximum Gasteiger partial charge on any atom is 0.311 e. The van der Waals surface area contributed by atoms with Crippen LogP contribution in [-0.4, -0.2) is 29.9 Å². The van der Waals surface area contributed by atoms with Crippen LogP contribution in [0.25, 0.3) is 0 Å². The number of esters is 1. The second-order valence-corrected chi connectivity index (χ2v) is 6.12. The minimum Gasteiger partial charge on any atom is -0.466 e. The lowest BCUT2D eigenvalue weighted by atomic mass is 9.93. The minimum absolute atomic E-state index is 0.0748. The molecule has 1 aliphatic rings. The maximum absolute atomic E-state index is 13.0. The van der Waals surface area contributed by atoms with Gasteiger partial charge in [-0.05, 0) is 43.2 Å². The van der Waals surface area contributed by atoms with Gasteiger partial charge in [-0.15, -0.1) is 0 Å². The largest absolute Gasteiger partial charge is 0.466 e. The molecule has 3 rings (SSSR count). The van der Waals surface area contributed by atoms with E-state index in [1.165, 1.54) is 0 Å². The molecule has 2 N–H and O–H groups in total. The van der Waals surface area contributed by atoms with E-state index in [4.69, 9.17) is 10.5 Å². The smallest absolute Gasteiger partial charge is 0.311 e. The molecule has 1 aliphatic heterocycles. The molecule has 5 heteroatoms. The number of carbonyl (C=O) groups excluding carboxylic acids is 2. The zero-order valence-corrected chi connectivity index (χ0v) is 14.2. The quantitative estimate of drug-likeness (QED) is 0.687. The highest BCUT2D eigenvalue weighted by Crippen LogP contribution is 2.39. The summed E-state index contributed by atoms with van der Waals surface area (Å²) in [6.07, 6.45) is 0.590. The lowest BCUT2D eigenvalue weighted by Gasteiger charge is -2.28. The molecule has 0 saturated carbocycles. The number of hydrogen-bond donors (Lipinski definition) is 1. The molecule has 1 fully saturated rings. The van der Waals surface area contributed by atoms with Crippen LogP contribution in [0.1, 0.15) is 35.3 Å². The Balaban J connectivity index is 1.95. The van der Waals surface area contributed by atoms with Crippen molar-refractivity contribution in [2.45, 2.75) is 19.4 Å². The third-order valence-electron chi connectivity index (χ3n) is 4.55. The molecular formula is C20H22N2O3. The summed E-state index contributed by atoms with van der Waals surface area (Å²) in [4.78, 5) is 27.2. The zero-order valence-electron chi connectivity index (χ0n) is 14.2.